The zero-order valence-corrected chi connectivity index (χ0v) is 9.59. The van der Waals surface area contributed by atoms with Crippen molar-refractivity contribution in [2.24, 2.45) is 0 Å². The molecule has 0 atom stereocenters. The second kappa shape index (κ2) is 5.83. The smallest absolute Gasteiger partial charge is 0.215 e. The van der Waals surface area contributed by atoms with E-state index >= 15 is 0 Å². The van der Waals surface area contributed by atoms with Gasteiger partial charge >= 0.3 is 0 Å². The second-order valence-electron chi connectivity index (χ2n) is 3.32. The number of hydrogen-bond donors (Lipinski definition) is 1. The van der Waals surface area contributed by atoms with Crippen LogP contribution in [0.5, 0.6) is 5.88 Å². The van der Waals surface area contributed by atoms with Crippen molar-refractivity contribution in [3.8, 4) is 5.88 Å². The maximum Gasteiger partial charge on any atom is 0.215 e. The summed E-state index contributed by atoms with van der Waals surface area (Å²) in [7, 11) is 0. The van der Waals surface area contributed by atoms with Crippen molar-refractivity contribution in [2.45, 2.75) is 13.3 Å². The van der Waals surface area contributed by atoms with E-state index in [2.05, 4.69) is 25.0 Å². The summed E-state index contributed by atoms with van der Waals surface area (Å²) < 4.78 is 9.95. The molecule has 90 valence electrons. The highest BCUT2D eigenvalue weighted by Crippen LogP contribution is 2.11. The SMILES string of the molecule is CCOc1cccc(NCCc2ncon2)n1. The van der Waals surface area contributed by atoms with Gasteiger partial charge in [0.05, 0.1) is 6.61 Å². The zero-order chi connectivity index (χ0) is 11.9. The van der Waals surface area contributed by atoms with Gasteiger partial charge in [-0.25, -0.2) is 0 Å². The van der Waals surface area contributed by atoms with Crippen LogP contribution in [0.1, 0.15) is 12.7 Å². The van der Waals surface area contributed by atoms with E-state index in [9.17, 15) is 0 Å². The molecule has 2 rings (SSSR count). The van der Waals surface area contributed by atoms with E-state index in [0.717, 1.165) is 5.82 Å². The molecule has 0 fully saturated rings. The highest BCUT2D eigenvalue weighted by Gasteiger charge is 2.00. The Bertz CT molecular complexity index is 444. The van der Waals surface area contributed by atoms with Crippen molar-refractivity contribution in [3.05, 3.63) is 30.4 Å². The molecular weight excluding hydrogens is 220 g/mol. The molecule has 0 aliphatic heterocycles. The van der Waals surface area contributed by atoms with Gasteiger partial charge in [-0.3, -0.25) is 0 Å². The lowest BCUT2D eigenvalue weighted by Gasteiger charge is -2.06. The molecule has 0 aliphatic rings. The first-order chi connectivity index (χ1) is 8.38. The summed E-state index contributed by atoms with van der Waals surface area (Å²) in [6.45, 7) is 3.24. The van der Waals surface area contributed by atoms with Crippen molar-refractivity contribution < 1.29 is 9.26 Å². The average molecular weight is 234 g/mol. The lowest BCUT2D eigenvalue weighted by atomic mass is 10.4. The predicted octanol–water partition coefficient (Wildman–Crippen LogP) is 1.52. The Balaban J connectivity index is 1.84. The van der Waals surface area contributed by atoms with E-state index in [1.165, 1.54) is 6.39 Å². The molecule has 0 spiro atoms. The molecular formula is C11H14N4O2. The quantitative estimate of drug-likeness (QED) is 0.816. The predicted molar refractivity (Wildman–Crippen MR) is 61.9 cm³/mol. The molecule has 0 amide bonds. The minimum Gasteiger partial charge on any atom is -0.478 e. The summed E-state index contributed by atoms with van der Waals surface area (Å²) in [6.07, 6.45) is 2.01. The third-order valence-electron chi connectivity index (χ3n) is 2.08. The van der Waals surface area contributed by atoms with Gasteiger partial charge in [-0.2, -0.15) is 9.97 Å². The van der Waals surface area contributed by atoms with Crippen molar-refractivity contribution in [1.82, 2.24) is 15.1 Å². The maximum absolute atomic E-state index is 5.31. The third kappa shape index (κ3) is 3.44. The number of pyridine rings is 1. The summed E-state index contributed by atoms with van der Waals surface area (Å²) in [4.78, 5) is 8.22. The summed E-state index contributed by atoms with van der Waals surface area (Å²) in [5.74, 6) is 2.08. The molecule has 0 saturated carbocycles. The lowest BCUT2D eigenvalue weighted by molar-refractivity contribution is 0.327. The standard InChI is InChI=1S/C11H14N4O2/c1-2-16-11-5-3-4-9(14-11)12-7-6-10-13-8-17-15-10/h3-5,8H,2,6-7H2,1H3,(H,12,14). The van der Waals surface area contributed by atoms with Gasteiger partial charge in [-0.05, 0) is 13.0 Å². The fourth-order valence-electron chi connectivity index (χ4n) is 1.35. The number of nitrogens with one attached hydrogen (secondary N) is 1. The largest absolute Gasteiger partial charge is 0.478 e. The van der Waals surface area contributed by atoms with Gasteiger partial charge in [0.2, 0.25) is 12.3 Å². The number of hydrogen-bond acceptors (Lipinski definition) is 6. The molecule has 2 aromatic heterocycles. The summed E-state index contributed by atoms with van der Waals surface area (Å²) in [5, 5.41) is 6.89. The summed E-state index contributed by atoms with van der Waals surface area (Å²) >= 11 is 0. The molecule has 0 bridgehead atoms. The van der Waals surface area contributed by atoms with Crippen LogP contribution in [-0.4, -0.2) is 28.3 Å². The van der Waals surface area contributed by atoms with Crippen LogP contribution < -0.4 is 10.1 Å². The van der Waals surface area contributed by atoms with Crippen LogP contribution in [0.25, 0.3) is 0 Å². The van der Waals surface area contributed by atoms with E-state index in [4.69, 9.17) is 4.74 Å². The van der Waals surface area contributed by atoms with Crippen LogP contribution >= 0.6 is 0 Å². The lowest BCUT2D eigenvalue weighted by Crippen LogP contribution is -2.07. The van der Waals surface area contributed by atoms with Crippen LogP contribution in [0.15, 0.2) is 29.1 Å². The van der Waals surface area contributed by atoms with E-state index in [0.29, 0.717) is 31.3 Å². The van der Waals surface area contributed by atoms with Crippen LogP contribution in [0.2, 0.25) is 0 Å². The minimum atomic E-state index is 0.610. The molecule has 1 N–H and O–H groups in total. The summed E-state index contributed by atoms with van der Waals surface area (Å²) in [6, 6.07) is 5.61. The Hall–Kier alpha value is -2.11. The van der Waals surface area contributed by atoms with Crippen LogP contribution in [0, 0.1) is 0 Å². The Morgan fingerprint density at radius 1 is 1.41 bits per heavy atom. The Morgan fingerprint density at radius 2 is 2.35 bits per heavy atom. The molecule has 0 radical (unpaired) electrons. The molecule has 6 nitrogen and oxygen atoms in total. The zero-order valence-electron chi connectivity index (χ0n) is 9.59. The molecule has 0 saturated heterocycles. The normalized spacial score (nSPS) is 10.2. The topological polar surface area (TPSA) is 73.1 Å². The van der Waals surface area contributed by atoms with Gasteiger partial charge in [0.15, 0.2) is 5.82 Å². The number of rotatable bonds is 6. The van der Waals surface area contributed by atoms with Gasteiger partial charge in [0.25, 0.3) is 0 Å². The number of ether oxygens (including phenoxy) is 1. The van der Waals surface area contributed by atoms with Crippen LogP contribution in [0.4, 0.5) is 5.82 Å². The molecule has 0 unspecified atom stereocenters. The maximum atomic E-state index is 5.31. The van der Waals surface area contributed by atoms with Crippen molar-refractivity contribution >= 4 is 5.82 Å². The highest BCUT2D eigenvalue weighted by atomic mass is 16.5. The third-order valence-corrected chi connectivity index (χ3v) is 2.08. The van der Waals surface area contributed by atoms with Gasteiger partial charge in [-0.1, -0.05) is 11.2 Å². The van der Waals surface area contributed by atoms with E-state index in [-0.39, 0.29) is 0 Å². The Labute approximate surface area is 99.0 Å². The number of aromatic nitrogens is 3. The second-order valence-corrected chi connectivity index (χ2v) is 3.32. The van der Waals surface area contributed by atoms with Crippen molar-refractivity contribution in [2.75, 3.05) is 18.5 Å². The Morgan fingerprint density at radius 3 is 3.12 bits per heavy atom. The molecule has 0 aliphatic carbocycles. The van der Waals surface area contributed by atoms with E-state index < -0.39 is 0 Å². The average Bonchev–Trinajstić information content (AvgIpc) is 2.83. The van der Waals surface area contributed by atoms with Crippen LogP contribution in [0.3, 0.4) is 0 Å². The van der Waals surface area contributed by atoms with Gasteiger partial charge in [0, 0.05) is 19.0 Å². The van der Waals surface area contributed by atoms with Crippen LogP contribution in [-0.2, 0) is 6.42 Å². The number of nitrogens with zero attached hydrogens (tertiary/aromatic N) is 3. The summed E-state index contributed by atoms with van der Waals surface area (Å²) in [5.41, 5.74) is 0. The molecule has 17 heavy (non-hydrogen) atoms. The first-order valence-corrected chi connectivity index (χ1v) is 5.47. The van der Waals surface area contributed by atoms with Gasteiger partial charge in [0.1, 0.15) is 5.82 Å². The molecule has 2 heterocycles. The fourth-order valence-corrected chi connectivity index (χ4v) is 1.35. The molecule has 6 heteroatoms. The first-order valence-electron chi connectivity index (χ1n) is 5.47. The van der Waals surface area contributed by atoms with E-state index in [1.54, 1.807) is 0 Å². The molecule has 0 aromatic carbocycles. The first kappa shape index (κ1) is 11.4. The van der Waals surface area contributed by atoms with Crippen molar-refractivity contribution in [3.63, 3.8) is 0 Å². The van der Waals surface area contributed by atoms with Gasteiger partial charge in [-0.15, -0.1) is 0 Å². The fraction of sp³-hybridized carbons (Fsp3) is 0.364. The Kier molecular flexibility index (Phi) is 3.90. The monoisotopic (exact) mass is 234 g/mol. The minimum absolute atomic E-state index is 0.610. The highest BCUT2D eigenvalue weighted by molar-refractivity contribution is 5.36. The molecule has 2 aromatic rings. The van der Waals surface area contributed by atoms with Gasteiger partial charge < -0.3 is 14.6 Å². The van der Waals surface area contributed by atoms with Crippen molar-refractivity contribution in [1.29, 1.82) is 0 Å². The number of anilines is 1. The van der Waals surface area contributed by atoms with E-state index in [1.807, 2.05) is 25.1 Å².